The normalized spacial score (nSPS) is 18.5. The molecule has 2 heterocycles. The van der Waals surface area contributed by atoms with Crippen molar-refractivity contribution in [2.45, 2.75) is 32.7 Å². The maximum Gasteiger partial charge on any atom is 0.315 e. The Balaban J connectivity index is 1.46. The van der Waals surface area contributed by atoms with Gasteiger partial charge in [-0.25, -0.2) is 4.79 Å². The van der Waals surface area contributed by atoms with E-state index in [9.17, 15) is 9.59 Å². The van der Waals surface area contributed by atoms with Crippen molar-refractivity contribution in [3.05, 3.63) is 18.2 Å². The molecule has 1 saturated heterocycles. The second kappa shape index (κ2) is 9.64. The van der Waals surface area contributed by atoms with Gasteiger partial charge in [-0.05, 0) is 38.2 Å². The number of hydrogen-bond acceptors (Lipinski definition) is 5. The Labute approximate surface area is 166 Å². The van der Waals surface area contributed by atoms with Crippen LogP contribution in [0.1, 0.15) is 26.7 Å². The van der Waals surface area contributed by atoms with Crippen molar-refractivity contribution in [1.29, 1.82) is 0 Å². The molecule has 1 fully saturated rings. The molecule has 0 spiro atoms. The molecule has 0 bridgehead atoms. The number of carbonyl (C=O) groups excluding carboxylic acids is 2. The molecule has 0 aliphatic carbocycles. The second-order valence-corrected chi connectivity index (χ2v) is 7.01. The van der Waals surface area contributed by atoms with Crippen molar-refractivity contribution in [1.82, 2.24) is 15.5 Å². The van der Waals surface area contributed by atoms with Gasteiger partial charge in [0.25, 0.3) is 0 Å². The van der Waals surface area contributed by atoms with Gasteiger partial charge in [-0.2, -0.15) is 0 Å². The molecule has 0 saturated carbocycles. The van der Waals surface area contributed by atoms with E-state index in [1.165, 1.54) is 0 Å². The molecule has 3 rings (SSSR count). The fourth-order valence-electron chi connectivity index (χ4n) is 3.53. The first-order valence-corrected chi connectivity index (χ1v) is 10.1. The molecule has 154 valence electrons. The standard InChI is InChI=1S/C20H30N4O4/c1-3-23(4-2)9-5-8-21-20(26)22-15-12-19(25)24(14-15)16-6-7-17-18(13-16)28-11-10-27-17/h6-7,13,15H,3-5,8-12,14H2,1-2H3,(H2,21,22,26). The van der Waals surface area contributed by atoms with Crippen LogP contribution in [0.3, 0.4) is 0 Å². The fraction of sp³-hybridized carbons (Fsp3) is 0.600. The summed E-state index contributed by atoms with van der Waals surface area (Å²) in [5, 5.41) is 5.79. The molecular weight excluding hydrogens is 360 g/mol. The summed E-state index contributed by atoms with van der Waals surface area (Å²) in [4.78, 5) is 28.5. The van der Waals surface area contributed by atoms with E-state index in [1.54, 1.807) is 4.90 Å². The number of fused-ring (bicyclic) bond motifs is 1. The van der Waals surface area contributed by atoms with Crippen molar-refractivity contribution >= 4 is 17.6 Å². The number of rotatable bonds is 8. The number of anilines is 1. The number of carbonyl (C=O) groups is 2. The summed E-state index contributed by atoms with van der Waals surface area (Å²) in [7, 11) is 0. The van der Waals surface area contributed by atoms with Crippen LogP contribution in [0.5, 0.6) is 11.5 Å². The van der Waals surface area contributed by atoms with Gasteiger partial charge in [-0.3, -0.25) is 4.79 Å². The number of nitrogens with one attached hydrogen (secondary N) is 2. The third-order valence-corrected chi connectivity index (χ3v) is 5.13. The molecule has 0 radical (unpaired) electrons. The zero-order valence-electron chi connectivity index (χ0n) is 16.7. The van der Waals surface area contributed by atoms with Crippen LogP contribution < -0.4 is 25.0 Å². The first-order valence-electron chi connectivity index (χ1n) is 10.1. The molecule has 1 aromatic rings. The molecule has 3 amide bonds. The molecule has 8 heteroatoms. The Morgan fingerprint density at radius 1 is 1.21 bits per heavy atom. The lowest BCUT2D eigenvalue weighted by molar-refractivity contribution is -0.117. The van der Waals surface area contributed by atoms with Gasteiger partial charge in [0.1, 0.15) is 13.2 Å². The van der Waals surface area contributed by atoms with Gasteiger partial charge in [-0.1, -0.05) is 13.8 Å². The van der Waals surface area contributed by atoms with Crippen LogP contribution in [0.4, 0.5) is 10.5 Å². The van der Waals surface area contributed by atoms with E-state index >= 15 is 0 Å². The van der Waals surface area contributed by atoms with Crippen LogP contribution in [0, 0.1) is 0 Å². The predicted molar refractivity (Wildman–Crippen MR) is 107 cm³/mol. The van der Waals surface area contributed by atoms with Crippen molar-refractivity contribution in [3.8, 4) is 11.5 Å². The Morgan fingerprint density at radius 3 is 2.71 bits per heavy atom. The Hall–Kier alpha value is -2.48. The second-order valence-electron chi connectivity index (χ2n) is 7.01. The molecule has 0 aromatic heterocycles. The number of hydrogen-bond donors (Lipinski definition) is 2. The van der Waals surface area contributed by atoms with E-state index in [4.69, 9.17) is 9.47 Å². The van der Waals surface area contributed by atoms with Crippen LogP contribution in [0.2, 0.25) is 0 Å². The first-order chi connectivity index (χ1) is 13.6. The minimum Gasteiger partial charge on any atom is -0.486 e. The third kappa shape index (κ3) is 5.07. The summed E-state index contributed by atoms with van der Waals surface area (Å²) in [5.41, 5.74) is 0.762. The molecule has 1 atom stereocenters. The van der Waals surface area contributed by atoms with Gasteiger partial charge in [0, 0.05) is 31.3 Å². The number of amides is 3. The smallest absolute Gasteiger partial charge is 0.315 e. The lowest BCUT2D eigenvalue weighted by Gasteiger charge is -2.22. The molecular formula is C20H30N4O4. The number of nitrogens with zero attached hydrogens (tertiary/aromatic N) is 2. The fourth-order valence-corrected chi connectivity index (χ4v) is 3.53. The Kier molecular flexibility index (Phi) is 6.97. The summed E-state index contributed by atoms with van der Waals surface area (Å²) in [6, 6.07) is 5.06. The average molecular weight is 390 g/mol. The highest BCUT2D eigenvalue weighted by Crippen LogP contribution is 2.35. The minimum absolute atomic E-state index is 0.0106. The average Bonchev–Trinajstić information content (AvgIpc) is 3.07. The van der Waals surface area contributed by atoms with E-state index in [0.717, 1.165) is 31.7 Å². The van der Waals surface area contributed by atoms with Crippen molar-refractivity contribution in [2.24, 2.45) is 0 Å². The number of urea groups is 1. The summed E-state index contributed by atoms with van der Waals surface area (Å²) in [5.74, 6) is 1.34. The van der Waals surface area contributed by atoms with Crippen LogP contribution in [0.15, 0.2) is 18.2 Å². The zero-order chi connectivity index (χ0) is 19.9. The lowest BCUT2D eigenvalue weighted by Crippen LogP contribution is -2.44. The van der Waals surface area contributed by atoms with Gasteiger partial charge in [0.15, 0.2) is 11.5 Å². The first kappa shape index (κ1) is 20.3. The van der Waals surface area contributed by atoms with E-state index in [0.29, 0.717) is 44.2 Å². The van der Waals surface area contributed by atoms with Crippen LogP contribution in [-0.4, -0.2) is 68.8 Å². The third-order valence-electron chi connectivity index (χ3n) is 5.13. The van der Waals surface area contributed by atoms with Crippen molar-refractivity contribution < 1.29 is 19.1 Å². The summed E-state index contributed by atoms with van der Waals surface area (Å²) >= 11 is 0. The molecule has 8 nitrogen and oxygen atoms in total. The van der Waals surface area contributed by atoms with Crippen LogP contribution in [-0.2, 0) is 4.79 Å². The molecule has 2 N–H and O–H groups in total. The summed E-state index contributed by atoms with van der Waals surface area (Å²) in [6.07, 6.45) is 1.20. The Morgan fingerprint density at radius 2 is 1.96 bits per heavy atom. The monoisotopic (exact) mass is 390 g/mol. The van der Waals surface area contributed by atoms with E-state index in [-0.39, 0.29) is 18.0 Å². The van der Waals surface area contributed by atoms with Crippen molar-refractivity contribution in [3.63, 3.8) is 0 Å². The number of benzene rings is 1. The number of ether oxygens (including phenoxy) is 2. The SMILES string of the molecule is CCN(CC)CCCNC(=O)NC1CC(=O)N(c2ccc3c(c2)OCCO3)C1. The molecule has 28 heavy (non-hydrogen) atoms. The molecule has 1 aromatic carbocycles. The van der Waals surface area contributed by atoms with Crippen molar-refractivity contribution in [2.75, 3.05) is 50.8 Å². The lowest BCUT2D eigenvalue weighted by atomic mass is 10.2. The molecule has 2 aliphatic heterocycles. The quantitative estimate of drug-likeness (QED) is 0.659. The van der Waals surface area contributed by atoms with Gasteiger partial charge < -0.3 is 29.9 Å². The topological polar surface area (TPSA) is 83.1 Å². The van der Waals surface area contributed by atoms with Gasteiger partial charge in [0.05, 0.1) is 6.04 Å². The Bertz CT molecular complexity index is 693. The maximum atomic E-state index is 12.4. The highest BCUT2D eigenvalue weighted by molar-refractivity contribution is 5.97. The van der Waals surface area contributed by atoms with E-state index in [2.05, 4.69) is 29.4 Å². The molecule has 1 unspecified atom stereocenters. The summed E-state index contributed by atoms with van der Waals surface area (Å²) in [6.45, 7) is 9.37. The predicted octanol–water partition coefficient (Wildman–Crippen LogP) is 1.59. The highest BCUT2D eigenvalue weighted by atomic mass is 16.6. The van der Waals surface area contributed by atoms with Gasteiger partial charge in [-0.15, -0.1) is 0 Å². The maximum absolute atomic E-state index is 12.4. The zero-order valence-corrected chi connectivity index (χ0v) is 16.7. The van der Waals surface area contributed by atoms with E-state index in [1.807, 2.05) is 18.2 Å². The molecule has 2 aliphatic rings. The van der Waals surface area contributed by atoms with Crippen LogP contribution in [0.25, 0.3) is 0 Å². The van der Waals surface area contributed by atoms with E-state index < -0.39 is 0 Å². The van der Waals surface area contributed by atoms with Crippen LogP contribution >= 0.6 is 0 Å². The highest BCUT2D eigenvalue weighted by Gasteiger charge is 2.32. The van der Waals surface area contributed by atoms with Gasteiger partial charge >= 0.3 is 6.03 Å². The minimum atomic E-state index is -0.221. The van der Waals surface area contributed by atoms with Gasteiger partial charge in [0.2, 0.25) is 5.91 Å². The largest absolute Gasteiger partial charge is 0.486 e. The summed E-state index contributed by atoms with van der Waals surface area (Å²) < 4.78 is 11.1.